The van der Waals surface area contributed by atoms with Crippen LogP contribution in [0.2, 0.25) is 0 Å². The summed E-state index contributed by atoms with van der Waals surface area (Å²) >= 11 is 0. The van der Waals surface area contributed by atoms with Crippen molar-refractivity contribution < 1.29 is 0 Å². The number of hydrogen-bond donors (Lipinski definition) is 0. The summed E-state index contributed by atoms with van der Waals surface area (Å²) in [5, 5.41) is 0. The first-order valence-corrected chi connectivity index (χ1v) is 4.80. The van der Waals surface area contributed by atoms with Crippen LogP contribution in [0.3, 0.4) is 0 Å². The first-order chi connectivity index (χ1) is 5.70. The third-order valence-electron chi connectivity index (χ3n) is 1.39. The summed E-state index contributed by atoms with van der Waals surface area (Å²) < 4.78 is 2.12. The van der Waals surface area contributed by atoms with Gasteiger partial charge in [-0.2, -0.15) is 0 Å². The van der Waals surface area contributed by atoms with E-state index in [4.69, 9.17) is 0 Å². The van der Waals surface area contributed by atoms with Gasteiger partial charge in [0.1, 0.15) is 0 Å². The highest BCUT2D eigenvalue weighted by atomic mass is 14.9. The lowest BCUT2D eigenvalue weighted by molar-refractivity contribution is 0.880. The summed E-state index contributed by atoms with van der Waals surface area (Å²) in [6, 6.07) is 2.17. The summed E-state index contributed by atoms with van der Waals surface area (Å²) in [4.78, 5) is 0. The van der Waals surface area contributed by atoms with Crippen LogP contribution in [0, 0.1) is 13.8 Å². The van der Waals surface area contributed by atoms with Crippen LogP contribution in [0.1, 0.15) is 39.0 Å². The monoisotopic (exact) mass is 169 g/mol. The van der Waals surface area contributed by atoms with Crippen LogP contribution in [0.25, 0.3) is 0 Å². The van der Waals surface area contributed by atoms with E-state index in [1.54, 1.807) is 0 Å². The van der Waals surface area contributed by atoms with E-state index in [1.807, 2.05) is 27.7 Å². The fraction of sp³-hybridized carbons (Fsp3) is 0.636. The van der Waals surface area contributed by atoms with E-state index >= 15 is 0 Å². The molecule has 1 rings (SSSR count). The zero-order chi connectivity index (χ0) is 10.1. The Labute approximate surface area is 77.4 Å². The first kappa shape index (κ1) is 13.8. The molecule has 1 aromatic heterocycles. The van der Waals surface area contributed by atoms with E-state index in [2.05, 4.69) is 37.7 Å². The van der Waals surface area contributed by atoms with Crippen LogP contribution in [0.15, 0.2) is 12.3 Å². The minimum absolute atomic E-state index is 1.32. The second-order valence-corrected chi connectivity index (χ2v) is 2.27. The maximum Gasteiger partial charge on any atom is 0.0143 e. The van der Waals surface area contributed by atoms with Crippen molar-refractivity contribution in [2.24, 2.45) is 7.05 Å². The van der Waals surface area contributed by atoms with E-state index in [-0.39, 0.29) is 0 Å². The van der Waals surface area contributed by atoms with Crippen LogP contribution in [-0.2, 0) is 7.05 Å². The molecule has 0 saturated carbocycles. The summed E-state index contributed by atoms with van der Waals surface area (Å²) in [7, 11) is 2.06. The Hall–Kier alpha value is -0.720. The second-order valence-electron chi connectivity index (χ2n) is 2.27. The topological polar surface area (TPSA) is 4.93 Å². The third kappa shape index (κ3) is 5.00. The molecular weight excluding hydrogens is 146 g/mol. The molecule has 12 heavy (non-hydrogen) atoms. The molecule has 1 heteroatoms. The Morgan fingerprint density at radius 3 is 1.50 bits per heavy atom. The van der Waals surface area contributed by atoms with Crippen LogP contribution in [0.4, 0.5) is 0 Å². The van der Waals surface area contributed by atoms with Crippen LogP contribution < -0.4 is 0 Å². The number of rotatable bonds is 0. The highest BCUT2D eigenvalue weighted by Crippen LogP contribution is 2.02. The minimum atomic E-state index is 1.32. The Morgan fingerprint density at radius 1 is 1.00 bits per heavy atom. The summed E-state index contributed by atoms with van der Waals surface area (Å²) in [5.74, 6) is 0. The van der Waals surface area contributed by atoms with E-state index in [0.717, 1.165) is 0 Å². The molecule has 0 aliphatic rings. The van der Waals surface area contributed by atoms with E-state index < -0.39 is 0 Å². The van der Waals surface area contributed by atoms with Gasteiger partial charge in [-0.15, -0.1) is 0 Å². The summed E-state index contributed by atoms with van der Waals surface area (Å²) in [5.41, 5.74) is 2.66. The zero-order valence-electron chi connectivity index (χ0n) is 9.60. The van der Waals surface area contributed by atoms with Gasteiger partial charge in [-0.3, -0.25) is 0 Å². The predicted molar refractivity (Wildman–Crippen MR) is 57.6 cm³/mol. The highest BCUT2D eigenvalue weighted by molar-refractivity contribution is 5.14. The average Bonchev–Trinajstić information content (AvgIpc) is 2.37. The molecule has 0 atom stereocenters. The normalized spacial score (nSPS) is 7.58. The fourth-order valence-corrected chi connectivity index (χ4v) is 0.876. The Balaban J connectivity index is 0. The van der Waals surface area contributed by atoms with Crippen LogP contribution in [-0.4, -0.2) is 4.57 Å². The van der Waals surface area contributed by atoms with Gasteiger partial charge in [-0.05, 0) is 25.5 Å². The summed E-state index contributed by atoms with van der Waals surface area (Å²) in [6.45, 7) is 12.2. The highest BCUT2D eigenvalue weighted by Gasteiger charge is 1.89. The van der Waals surface area contributed by atoms with Gasteiger partial charge >= 0.3 is 0 Å². The molecular formula is C11H23N. The van der Waals surface area contributed by atoms with Crippen molar-refractivity contribution in [2.45, 2.75) is 41.5 Å². The molecule has 1 heterocycles. The lowest BCUT2D eigenvalue weighted by Crippen LogP contribution is -1.84. The van der Waals surface area contributed by atoms with E-state index in [9.17, 15) is 0 Å². The lowest BCUT2D eigenvalue weighted by atomic mass is 10.4. The lowest BCUT2D eigenvalue weighted by Gasteiger charge is -1.89. The van der Waals surface area contributed by atoms with Crippen molar-refractivity contribution in [3.63, 3.8) is 0 Å². The maximum absolute atomic E-state index is 2.17. The van der Waals surface area contributed by atoms with Crippen LogP contribution in [0.5, 0.6) is 0 Å². The van der Waals surface area contributed by atoms with Gasteiger partial charge in [0.25, 0.3) is 0 Å². The Bertz CT molecular complexity index is 167. The molecule has 0 spiro atoms. The molecule has 1 nitrogen and oxygen atoms in total. The van der Waals surface area contributed by atoms with Gasteiger partial charge in [0.15, 0.2) is 0 Å². The van der Waals surface area contributed by atoms with Crippen molar-refractivity contribution in [3.8, 4) is 0 Å². The molecule has 0 aromatic carbocycles. The van der Waals surface area contributed by atoms with Crippen molar-refractivity contribution >= 4 is 0 Å². The molecule has 0 bridgehead atoms. The van der Waals surface area contributed by atoms with Crippen molar-refractivity contribution in [1.29, 1.82) is 0 Å². The number of hydrogen-bond acceptors (Lipinski definition) is 0. The molecule has 0 saturated heterocycles. The quantitative estimate of drug-likeness (QED) is 0.558. The third-order valence-corrected chi connectivity index (χ3v) is 1.39. The van der Waals surface area contributed by atoms with Crippen molar-refractivity contribution in [2.75, 3.05) is 0 Å². The number of aromatic nitrogens is 1. The molecule has 0 radical (unpaired) electrons. The van der Waals surface area contributed by atoms with Gasteiger partial charge in [0.05, 0.1) is 0 Å². The SMILES string of the molecule is CC.CC.Cc1cc(C)n(C)c1. The van der Waals surface area contributed by atoms with Gasteiger partial charge in [0, 0.05) is 18.9 Å². The molecule has 0 aliphatic carbocycles. The van der Waals surface area contributed by atoms with Crippen LogP contribution >= 0.6 is 0 Å². The Kier molecular flexibility index (Phi) is 9.66. The molecule has 1 aromatic rings. The van der Waals surface area contributed by atoms with E-state index in [0.29, 0.717) is 0 Å². The smallest absolute Gasteiger partial charge is 0.0143 e. The first-order valence-electron chi connectivity index (χ1n) is 4.80. The molecule has 72 valence electrons. The minimum Gasteiger partial charge on any atom is -0.354 e. The van der Waals surface area contributed by atoms with Gasteiger partial charge in [-0.25, -0.2) is 0 Å². The number of nitrogens with zero attached hydrogens (tertiary/aromatic N) is 1. The summed E-state index contributed by atoms with van der Waals surface area (Å²) in [6.07, 6.45) is 2.12. The fourth-order valence-electron chi connectivity index (χ4n) is 0.876. The maximum atomic E-state index is 2.17. The van der Waals surface area contributed by atoms with Gasteiger partial charge < -0.3 is 4.57 Å². The van der Waals surface area contributed by atoms with Gasteiger partial charge in [-0.1, -0.05) is 27.7 Å². The largest absolute Gasteiger partial charge is 0.354 e. The number of aryl methyl sites for hydroxylation is 3. The molecule has 0 aliphatic heterocycles. The molecule has 0 N–H and O–H groups in total. The average molecular weight is 169 g/mol. The van der Waals surface area contributed by atoms with E-state index in [1.165, 1.54) is 11.3 Å². The molecule has 0 unspecified atom stereocenters. The zero-order valence-corrected chi connectivity index (χ0v) is 9.60. The van der Waals surface area contributed by atoms with Gasteiger partial charge in [0.2, 0.25) is 0 Å². The van der Waals surface area contributed by atoms with Crippen molar-refractivity contribution in [3.05, 3.63) is 23.5 Å². The molecule has 0 amide bonds. The Morgan fingerprint density at radius 2 is 1.42 bits per heavy atom. The standard InChI is InChI=1S/C7H11N.2C2H6/c1-6-4-7(2)8(3)5-6;2*1-2/h4-5H,1-3H3;2*1-2H3. The van der Waals surface area contributed by atoms with Crippen molar-refractivity contribution in [1.82, 2.24) is 4.57 Å². The predicted octanol–water partition coefficient (Wildman–Crippen LogP) is 3.69. The molecule has 0 fully saturated rings. The second kappa shape index (κ2) is 8.38.